The van der Waals surface area contributed by atoms with E-state index in [4.69, 9.17) is 4.74 Å². The van der Waals surface area contributed by atoms with Gasteiger partial charge >= 0.3 is 5.97 Å². The summed E-state index contributed by atoms with van der Waals surface area (Å²) < 4.78 is 6.25. The third-order valence-electron chi connectivity index (χ3n) is 8.43. The molecule has 5 rings (SSSR count). The smallest absolute Gasteiger partial charge is 0.312 e. The van der Waals surface area contributed by atoms with E-state index in [0.29, 0.717) is 29.6 Å². The highest BCUT2D eigenvalue weighted by molar-refractivity contribution is 5.76. The Morgan fingerprint density at radius 1 is 1.04 bits per heavy atom. The lowest BCUT2D eigenvalue weighted by atomic mass is 9.41. The van der Waals surface area contributed by atoms with Gasteiger partial charge in [-0.15, -0.1) is 0 Å². The van der Waals surface area contributed by atoms with Crippen LogP contribution in [0, 0.1) is 35.0 Å². The Balaban J connectivity index is 1.56. The molecule has 0 heterocycles. The second-order valence-corrected chi connectivity index (χ2v) is 10.2. The maximum Gasteiger partial charge on any atom is 0.312 e. The van der Waals surface area contributed by atoms with Crippen molar-refractivity contribution in [2.75, 3.05) is 0 Å². The van der Waals surface area contributed by atoms with E-state index in [2.05, 4.69) is 13.8 Å². The second kappa shape index (κ2) is 5.22. The minimum absolute atomic E-state index is 0.00201. The van der Waals surface area contributed by atoms with Gasteiger partial charge in [-0.3, -0.25) is 4.79 Å². The SMILES string of the molecule is CCC1(O)CC2C3CC4CC(OC(=O)C(C)(C)CC)(C3)CC2C4C1. The van der Waals surface area contributed by atoms with Crippen LogP contribution in [0.4, 0.5) is 0 Å². The van der Waals surface area contributed by atoms with E-state index in [0.717, 1.165) is 44.9 Å². The lowest BCUT2D eigenvalue weighted by Gasteiger charge is -2.66. The van der Waals surface area contributed by atoms with E-state index in [1.165, 1.54) is 6.42 Å². The van der Waals surface area contributed by atoms with Crippen LogP contribution < -0.4 is 0 Å². The van der Waals surface area contributed by atoms with Crippen molar-refractivity contribution >= 4 is 5.97 Å². The Kier molecular flexibility index (Phi) is 3.67. The fourth-order valence-electron chi connectivity index (χ4n) is 6.65. The second-order valence-electron chi connectivity index (χ2n) is 10.2. The van der Waals surface area contributed by atoms with Crippen molar-refractivity contribution in [3.63, 3.8) is 0 Å². The summed E-state index contributed by atoms with van der Waals surface area (Å²) in [7, 11) is 0. The summed E-state index contributed by atoms with van der Waals surface area (Å²) >= 11 is 0. The molecule has 0 aromatic rings. The van der Waals surface area contributed by atoms with Crippen LogP contribution in [0.2, 0.25) is 0 Å². The van der Waals surface area contributed by atoms with Crippen molar-refractivity contribution in [2.45, 2.75) is 90.3 Å². The van der Waals surface area contributed by atoms with Gasteiger partial charge in [0.05, 0.1) is 11.0 Å². The zero-order valence-electron chi connectivity index (χ0n) is 15.8. The average molecular weight is 335 g/mol. The number of aliphatic hydroxyl groups is 1. The third-order valence-corrected chi connectivity index (χ3v) is 8.43. The zero-order valence-corrected chi connectivity index (χ0v) is 15.8. The monoisotopic (exact) mass is 334 g/mol. The molecule has 136 valence electrons. The van der Waals surface area contributed by atoms with E-state index in [9.17, 15) is 9.90 Å². The maximum atomic E-state index is 12.7. The highest BCUT2D eigenvalue weighted by Crippen LogP contribution is 2.67. The summed E-state index contributed by atoms with van der Waals surface area (Å²) in [6, 6.07) is 0. The lowest BCUT2D eigenvalue weighted by molar-refractivity contribution is -0.241. The van der Waals surface area contributed by atoms with Gasteiger partial charge in [-0.25, -0.2) is 0 Å². The Morgan fingerprint density at radius 3 is 2.12 bits per heavy atom. The van der Waals surface area contributed by atoms with Gasteiger partial charge < -0.3 is 9.84 Å². The summed E-state index contributed by atoms with van der Waals surface area (Å²) in [5.41, 5.74) is -0.987. The minimum atomic E-state index is -0.430. The van der Waals surface area contributed by atoms with Gasteiger partial charge in [0.2, 0.25) is 0 Å². The fraction of sp³-hybridized carbons (Fsp3) is 0.952. The van der Waals surface area contributed by atoms with E-state index in [1.807, 2.05) is 13.8 Å². The molecule has 0 radical (unpaired) electrons. The molecule has 5 aliphatic rings. The van der Waals surface area contributed by atoms with Crippen molar-refractivity contribution in [3.8, 4) is 0 Å². The first-order valence-electron chi connectivity index (χ1n) is 10.2. The van der Waals surface area contributed by atoms with Gasteiger partial charge in [-0.1, -0.05) is 13.8 Å². The molecule has 0 aliphatic heterocycles. The topological polar surface area (TPSA) is 46.5 Å². The first-order valence-corrected chi connectivity index (χ1v) is 10.2. The number of esters is 1. The quantitative estimate of drug-likeness (QED) is 0.779. The summed E-state index contributed by atoms with van der Waals surface area (Å²) in [5, 5.41) is 10.9. The Hall–Kier alpha value is -0.570. The summed E-state index contributed by atoms with van der Waals surface area (Å²) in [6.45, 7) is 8.21. The molecule has 0 aromatic carbocycles. The Labute approximate surface area is 146 Å². The van der Waals surface area contributed by atoms with Gasteiger partial charge in [0.1, 0.15) is 5.60 Å². The minimum Gasteiger partial charge on any atom is -0.459 e. The highest BCUT2D eigenvalue weighted by Gasteiger charge is 2.64. The molecule has 3 heteroatoms. The van der Waals surface area contributed by atoms with E-state index in [1.54, 1.807) is 0 Å². The molecule has 0 saturated heterocycles. The molecule has 4 atom stereocenters. The number of carbonyl (C=O) groups excluding carboxylic acids is 1. The first-order chi connectivity index (χ1) is 11.2. The van der Waals surface area contributed by atoms with E-state index in [-0.39, 0.29) is 17.0 Å². The first kappa shape index (κ1) is 16.9. The molecule has 5 aliphatic carbocycles. The molecule has 0 amide bonds. The van der Waals surface area contributed by atoms with Crippen LogP contribution in [0.3, 0.4) is 0 Å². The fourth-order valence-corrected chi connectivity index (χ4v) is 6.65. The molecule has 5 fully saturated rings. The molecule has 5 saturated carbocycles. The molecule has 24 heavy (non-hydrogen) atoms. The van der Waals surface area contributed by atoms with Crippen LogP contribution in [0.1, 0.15) is 79.1 Å². The van der Waals surface area contributed by atoms with Crippen molar-refractivity contribution in [1.82, 2.24) is 0 Å². The molecule has 0 spiro atoms. The maximum absolute atomic E-state index is 12.7. The van der Waals surface area contributed by atoms with Gasteiger partial charge in [-0.2, -0.15) is 0 Å². The van der Waals surface area contributed by atoms with Gasteiger partial charge in [-0.05, 0) is 94.8 Å². The standard InChI is InChI=1S/C21H34O3/c1-5-19(3,4)18(22)24-21-8-13-7-14(9-21)16-11-20(23,6-2)10-15(13)17(16)12-21/h13-17,23H,5-12H2,1-4H3. The van der Waals surface area contributed by atoms with Crippen molar-refractivity contribution < 1.29 is 14.6 Å². The zero-order chi connectivity index (χ0) is 17.3. The van der Waals surface area contributed by atoms with Crippen LogP contribution in [-0.4, -0.2) is 22.3 Å². The number of carbonyl (C=O) groups is 1. The highest BCUT2D eigenvalue weighted by atomic mass is 16.6. The number of rotatable bonds is 4. The average Bonchev–Trinajstić information content (AvgIpc) is 2.53. The molecule has 1 N–H and O–H groups in total. The number of hydrogen-bond acceptors (Lipinski definition) is 3. The van der Waals surface area contributed by atoms with E-state index >= 15 is 0 Å². The molecular weight excluding hydrogens is 300 g/mol. The molecule has 3 nitrogen and oxygen atoms in total. The van der Waals surface area contributed by atoms with Gasteiger partial charge in [0, 0.05) is 0 Å². The largest absolute Gasteiger partial charge is 0.459 e. The van der Waals surface area contributed by atoms with Crippen LogP contribution in [0.15, 0.2) is 0 Å². The normalized spacial score (nSPS) is 49.3. The van der Waals surface area contributed by atoms with E-state index < -0.39 is 5.60 Å². The third kappa shape index (κ3) is 2.37. The predicted octanol–water partition coefficient (Wildman–Crippen LogP) is 4.32. The Bertz CT molecular complexity index is 515. The summed E-state index contributed by atoms with van der Waals surface area (Å²) in [5.74, 6) is 3.33. The predicted molar refractivity (Wildman–Crippen MR) is 93.3 cm³/mol. The van der Waals surface area contributed by atoms with Gasteiger partial charge in [0.25, 0.3) is 0 Å². The van der Waals surface area contributed by atoms with Crippen LogP contribution >= 0.6 is 0 Å². The molecule has 0 aromatic heterocycles. The lowest BCUT2D eigenvalue weighted by Crippen LogP contribution is -2.64. The van der Waals surface area contributed by atoms with Crippen molar-refractivity contribution in [3.05, 3.63) is 0 Å². The van der Waals surface area contributed by atoms with Gasteiger partial charge in [0.15, 0.2) is 0 Å². The molecular formula is C21H34O3. The van der Waals surface area contributed by atoms with Crippen LogP contribution in [0.25, 0.3) is 0 Å². The molecule has 4 unspecified atom stereocenters. The number of hydrogen-bond donors (Lipinski definition) is 1. The Morgan fingerprint density at radius 2 is 1.62 bits per heavy atom. The summed E-state index contributed by atoms with van der Waals surface area (Å²) in [6.07, 6.45) is 8.12. The van der Waals surface area contributed by atoms with Crippen LogP contribution in [0.5, 0.6) is 0 Å². The van der Waals surface area contributed by atoms with Crippen LogP contribution in [-0.2, 0) is 9.53 Å². The number of ether oxygens (including phenoxy) is 1. The molecule has 6 bridgehead atoms. The van der Waals surface area contributed by atoms with Crippen molar-refractivity contribution in [2.24, 2.45) is 35.0 Å². The summed E-state index contributed by atoms with van der Waals surface area (Å²) in [4.78, 5) is 12.7. The van der Waals surface area contributed by atoms with Crippen molar-refractivity contribution in [1.29, 1.82) is 0 Å².